The van der Waals surface area contributed by atoms with Crippen molar-refractivity contribution in [3.8, 4) is 28.4 Å². The maximum absolute atomic E-state index is 13.6. The Labute approximate surface area is 208 Å². The molecule has 6 rings (SSSR count). The Morgan fingerprint density at radius 3 is 2.49 bits per heavy atom. The summed E-state index contributed by atoms with van der Waals surface area (Å²) in [6.07, 6.45) is -2.26. The molecule has 0 unspecified atom stereocenters. The van der Waals surface area contributed by atoms with Crippen LogP contribution in [-0.2, 0) is 20.8 Å². The number of fused-ring (bicyclic) bond motifs is 4. The molecule has 11 heteroatoms. The Bertz CT molecular complexity index is 1500. The molecular formula is C26H21NO10. The SMILES string of the molecule is NC(=O)C1=C(O)[C@@]2(O)C(=O)C3=C(O)c4c(O)ccc(-c5ccc6c(c5)OCO6)c4C[C@H]3[C@H](O)[C@H]2CC1=O. The van der Waals surface area contributed by atoms with Crippen LogP contribution in [0.15, 0.2) is 47.2 Å². The second kappa shape index (κ2) is 7.58. The number of hydrogen-bond donors (Lipinski definition) is 6. The van der Waals surface area contributed by atoms with E-state index in [-0.39, 0.29) is 24.5 Å². The molecule has 7 N–H and O–H groups in total. The number of amides is 1. The van der Waals surface area contributed by atoms with Crippen LogP contribution in [0.2, 0.25) is 0 Å². The number of carbonyl (C=O) groups is 3. The second-order valence-electron chi connectivity index (χ2n) is 9.53. The first-order valence-corrected chi connectivity index (χ1v) is 11.5. The minimum Gasteiger partial charge on any atom is -0.508 e. The molecule has 11 nitrogen and oxygen atoms in total. The van der Waals surface area contributed by atoms with E-state index in [9.17, 15) is 39.9 Å². The van der Waals surface area contributed by atoms with Gasteiger partial charge in [0.15, 0.2) is 22.9 Å². The van der Waals surface area contributed by atoms with Gasteiger partial charge in [0.2, 0.25) is 12.6 Å². The standard InChI is InChI=1S/C26H21NO10/c27-25(34)20-15(29)7-13-21(30)12-6-11-10(9-1-4-16-17(5-9)37-8-36-16)2-3-14(28)18(11)22(31)19(12)23(32)26(13,35)24(20)33/h1-5,12-13,21,28,30-31,33,35H,6-8H2,(H2,27,34)/t12-,13-,21+,26+/m1/s1. The summed E-state index contributed by atoms with van der Waals surface area (Å²) in [5, 5.41) is 55.2. The van der Waals surface area contributed by atoms with Gasteiger partial charge in [0.25, 0.3) is 5.91 Å². The number of ether oxygens (including phenoxy) is 2. The molecule has 0 spiro atoms. The van der Waals surface area contributed by atoms with Gasteiger partial charge in [-0.3, -0.25) is 14.4 Å². The molecule has 1 fully saturated rings. The minimum atomic E-state index is -2.86. The van der Waals surface area contributed by atoms with Crippen LogP contribution < -0.4 is 15.2 Å². The Balaban J connectivity index is 1.55. The third-order valence-electron chi connectivity index (χ3n) is 7.74. The number of Topliss-reactive ketones (excluding diaryl/α,β-unsaturated/α-hetero) is 2. The highest BCUT2D eigenvalue weighted by molar-refractivity contribution is 6.23. The molecular weight excluding hydrogens is 486 g/mol. The fourth-order valence-corrected chi connectivity index (χ4v) is 5.98. The Kier molecular flexibility index (Phi) is 4.72. The highest BCUT2D eigenvalue weighted by Crippen LogP contribution is 2.53. The third-order valence-corrected chi connectivity index (χ3v) is 7.74. The number of hydrogen-bond acceptors (Lipinski definition) is 10. The van der Waals surface area contributed by atoms with E-state index in [4.69, 9.17) is 15.2 Å². The summed E-state index contributed by atoms with van der Waals surface area (Å²) in [6, 6.07) is 8.14. The van der Waals surface area contributed by atoms with E-state index >= 15 is 0 Å². The minimum absolute atomic E-state index is 0.0479. The lowest BCUT2D eigenvalue weighted by atomic mass is 9.57. The van der Waals surface area contributed by atoms with Crippen molar-refractivity contribution in [2.75, 3.05) is 6.79 Å². The van der Waals surface area contributed by atoms with E-state index in [0.717, 1.165) is 0 Å². The molecule has 190 valence electrons. The van der Waals surface area contributed by atoms with Crippen LogP contribution in [0.5, 0.6) is 17.2 Å². The first-order valence-electron chi connectivity index (χ1n) is 11.5. The third kappa shape index (κ3) is 2.92. The summed E-state index contributed by atoms with van der Waals surface area (Å²) in [4.78, 5) is 37.9. The van der Waals surface area contributed by atoms with Crippen molar-refractivity contribution in [2.45, 2.75) is 24.5 Å². The zero-order valence-electron chi connectivity index (χ0n) is 19.1. The molecule has 0 aromatic heterocycles. The molecule has 0 radical (unpaired) electrons. The second-order valence-corrected chi connectivity index (χ2v) is 9.53. The van der Waals surface area contributed by atoms with Crippen LogP contribution in [0.4, 0.5) is 0 Å². The van der Waals surface area contributed by atoms with Crippen LogP contribution in [0.25, 0.3) is 16.9 Å². The molecule has 37 heavy (non-hydrogen) atoms. The van der Waals surface area contributed by atoms with Crippen molar-refractivity contribution in [1.82, 2.24) is 0 Å². The van der Waals surface area contributed by atoms with E-state index < -0.39 is 70.1 Å². The number of aliphatic hydroxyl groups excluding tert-OH is 3. The molecule has 2 aromatic rings. The number of primary amides is 1. The van der Waals surface area contributed by atoms with Crippen molar-refractivity contribution in [1.29, 1.82) is 0 Å². The number of phenolic OH excluding ortho intramolecular Hbond substituents is 1. The predicted molar refractivity (Wildman–Crippen MR) is 124 cm³/mol. The maximum atomic E-state index is 13.6. The lowest BCUT2D eigenvalue weighted by Gasteiger charge is -2.48. The van der Waals surface area contributed by atoms with Crippen LogP contribution in [-0.4, -0.2) is 61.5 Å². The van der Waals surface area contributed by atoms with Crippen molar-refractivity contribution in [3.05, 3.63) is 58.4 Å². The van der Waals surface area contributed by atoms with Crippen LogP contribution in [0.1, 0.15) is 17.5 Å². The maximum Gasteiger partial charge on any atom is 0.255 e. The van der Waals surface area contributed by atoms with Gasteiger partial charge in [0.1, 0.15) is 22.8 Å². The van der Waals surface area contributed by atoms with Crippen molar-refractivity contribution in [2.24, 2.45) is 17.6 Å². The molecule has 3 aliphatic carbocycles. The Hall–Kier alpha value is -4.35. The van der Waals surface area contributed by atoms with E-state index in [0.29, 0.717) is 28.2 Å². The first kappa shape index (κ1) is 23.1. The average Bonchev–Trinajstić information content (AvgIpc) is 3.32. The molecule has 0 bridgehead atoms. The van der Waals surface area contributed by atoms with E-state index in [1.165, 1.54) is 6.07 Å². The monoisotopic (exact) mass is 507 g/mol. The normalized spacial score (nSPS) is 28.1. The van der Waals surface area contributed by atoms with Gasteiger partial charge in [-0.15, -0.1) is 0 Å². The number of rotatable bonds is 2. The van der Waals surface area contributed by atoms with Gasteiger partial charge in [0, 0.05) is 23.8 Å². The number of carbonyl (C=O) groups excluding carboxylic acids is 3. The molecule has 4 atom stereocenters. The van der Waals surface area contributed by atoms with Gasteiger partial charge < -0.3 is 40.7 Å². The molecule has 4 aliphatic rings. The highest BCUT2D eigenvalue weighted by atomic mass is 16.7. The van der Waals surface area contributed by atoms with Gasteiger partial charge in [0.05, 0.1) is 11.7 Å². The lowest BCUT2D eigenvalue weighted by Crippen LogP contribution is -2.63. The number of benzene rings is 2. The lowest BCUT2D eigenvalue weighted by molar-refractivity contribution is -0.159. The summed E-state index contributed by atoms with van der Waals surface area (Å²) in [6.45, 7) is 0.0670. The summed E-state index contributed by atoms with van der Waals surface area (Å²) in [5.74, 6) is -7.26. The van der Waals surface area contributed by atoms with Gasteiger partial charge >= 0.3 is 0 Å². The summed E-state index contributed by atoms with van der Waals surface area (Å²) in [7, 11) is 0. The van der Waals surface area contributed by atoms with E-state index in [1.807, 2.05) is 0 Å². The van der Waals surface area contributed by atoms with Crippen LogP contribution >= 0.6 is 0 Å². The van der Waals surface area contributed by atoms with Gasteiger partial charge in [-0.25, -0.2) is 0 Å². The first-order chi connectivity index (χ1) is 17.6. The van der Waals surface area contributed by atoms with Gasteiger partial charge in [-0.2, -0.15) is 0 Å². The van der Waals surface area contributed by atoms with Crippen molar-refractivity contribution >= 4 is 23.2 Å². The molecule has 0 saturated heterocycles. The topological polar surface area (TPSA) is 197 Å². The molecule has 1 amide bonds. The predicted octanol–water partition coefficient (Wildman–Crippen LogP) is 0.790. The number of ketones is 2. The summed E-state index contributed by atoms with van der Waals surface area (Å²) < 4.78 is 10.8. The smallest absolute Gasteiger partial charge is 0.255 e. The van der Waals surface area contributed by atoms with Crippen LogP contribution in [0.3, 0.4) is 0 Å². The number of aromatic hydroxyl groups is 1. The zero-order chi connectivity index (χ0) is 26.4. The number of aliphatic hydroxyl groups is 4. The van der Waals surface area contributed by atoms with Gasteiger partial charge in [-0.05, 0) is 41.3 Å². The summed E-state index contributed by atoms with van der Waals surface area (Å²) >= 11 is 0. The average molecular weight is 507 g/mol. The van der Waals surface area contributed by atoms with Crippen molar-refractivity contribution < 1.29 is 49.4 Å². The summed E-state index contributed by atoms with van der Waals surface area (Å²) in [5.41, 5.74) is 2.54. The fraction of sp³-hybridized carbons (Fsp3) is 0.269. The quantitative estimate of drug-likeness (QED) is 0.316. The van der Waals surface area contributed by atoms with E-state index in [1.54, 1.807) is 24.3 Å². The number of phenols is 1. The van der Waals surface area contributed by atoms with Crippen molar-refractivity contribution in [3.63, 3.8) is 0 Å². The Morgan fingerprint density at radius 2 is 1.76 bits per heavy atom. The molecule has 1 heterocycles. The molecule has 2 aromatic carbocycles. The molecule has 1 aliphatic heterocycles. The zero-order valence-corrected chi connectivity index (χ0v) is 19.1. The van der Waals surface area contributed by atoms with Gasteiger partial charge in [-0.1, -0.05) is 12.1 Å². The fourth-order valence-electron chi connectivity index (χ4n) is 5.98. The number of nitrogens with two attached hydrogens (primary N) is 1. The Morgan fingerprint density at radius 1 is 1.03 bits per heavy atom. The highest BCUT2D eigenvalue weighted by Gasteiger charge is 2.64. The van der Waals surface area contributed by atoms with E-state index in [2.05, 4.69) is 0 Å². The van der Waals surface area contributed by atoms with Crippen LogP contribution in [0, 0.1) is 11.8 Å². The molecule has 1 saturated carbocycles. The largest absolute Gasteiger partial charge is 0.508 e.